The van der Waals surface area contributed by atoms with Gasteiger partial charge in [0.25, 0.3) is 0 Å². The van der Waals surface area contributed by atoms with Gasteiger partial charge in [0.15, 0.2) is 0 Å². The molecule has 0 aromatic rings. The Morgan fingerprint density at radius 1 is 1.38 bits per heavy atom. The number of ketones is 1. The van der Waals surface area contributed by atoms with E-state index in [1.165, 1.54) is 0 Å². The van der Waals surface area contributed by atoms with Crippen molar-refractivity contribution in [3.8, 4) is 0 Å². The topological polar surface area (TPSA) is 44.4 Å². The Hall–Kier alpha value is -1.03. The number of allylic oxidation sites excluding steroid dienone is 1. The molecule has 1 aliphatic rings. The average molecular weight is 225 g/mol. The molecule has 1 heterocycles. The summed E-state index contributed by atoms with van der Waals surface area (Å²) in [6.45, 7) is 11.9. The minimum absolute atomic E-state index is 0.111. The molecule has 1 rings (SSSR count). The zero-order valence-electron chi connectivity index (χ0n) is 11.1. The molecule has 0 saturated heterocycles. The molecule has 0 atom stereocenters. The van der Waals surface area contributed by atoms with Crippen LogP contribution < -0.4 is 11.0 Å². The Kier molecular flexibility index (Phi) is 3.33. The SMILES string of the molecule is CC(=O)C(C)(C)CC(C)(C)N1C=C(C)NN1. The molecule has 0 fully saturated rings. The summed E-state index contributed by atoms with van der Waals surface area (Å²) in [5, 5.41) is 2.02. The zero-order valence-corrected chi connectivity index (χ0v) is 11.1. The number of carbonyl (C=O) groups excluding carboxylic acids is 1. The van der Waals surface area contributed by atoms with Crippen molar-refractivity contribution in [3.63, 3.8) is 0 Å². The summed E-state index contributed by atoms with van der Waals surface area (Å²) < 4.78 is 0. The standard InChI is InChI=1S/C12H23N3O/c1-9-7-15(14-13-9)12(5,6)8-11(3,4)10(2)16/h7,13-14H,8H2,1-6H3. The van der Waals surface area contributed by atoms with E-state index in [4.69, 9.17) is 0 Å². The molecule has 0 bridgehead atoms. The first-order valence-corrected chi connectivity index (χ1v) is 5.66. The fourth-order valence-corrected chi connectivity index (χ4v) is 2.02. The van der Waals surface area contributed by atoms with Crippen LogP contribution in [-0.2, 0) is 4.79 Å². The lowest BCUT2D eigenvalue weighted by Gasteiger charge is -2.39. The Morgan fingerprint density at radius 2 is 1.94 bits per heavy atom. The smallest absolute Gasteiger partial charge is 0.135 e. The van der Waals surface area contributed by atoms with Crippen LogP contribution in [0.2, 0.25) is 0 Å². The number of carbonyl (C=O) groups is 1. The molecule has 0 amide bonds. The fraction of sp³-hybridized carbons (Fsp3) is 0.750. The number of hydrazine groups is 2. The maximum atomic E-state index is 11.6. The molecule has 0 unspecified atom stereocenters. The van der Waals surface area contributed by atoms with Crippen molar-refractivity contribution in [2.24, 2.45) is 5.41 Å². The lowest BCUT2D eigenvalue weighted by molar-refractivity contribution is -0.126. The van der Waals surface area contributed by atoms with Gasteiger partial charge in [0.05, 0.1) is 5.54 Å². The van der Waals surface area contributed by atoms with Gasteiger partial charge in [-0.25, -0.2) is 0 Å². The van der Waals surface area contributed by atoms with Crippen LogP contribution in [0.5, 0.6) is 0 Å². The summed E-state index contributed by atoms with van der Waals surface area (Å²) in [5.74, 6) is 0.230. The number of rotatable bonds is 4. The van der Waals surface area contributed by atoms with Gasteiger partial charge in [-0.1, -0.05) is 13.8 Å². The van der Waals surface area contributed by atoms with E-state index in [-0.39, 0.29) is 16.7 Å². The van der Waals surface area contributed by atoms with Crippen LogP contribution in [0.1, 0.15) is 48.0 Å². The normalized spacial score (nSPS) is 17.1. The Labute approximate surface area is 98.0 Å². The molecule has 2 N–H and O–H groups in total. The van der Waals surface area contributed by atoms with Crippen molar-refractivity contribution < 1.29 is 4.79 Å². The van der Waals surface area contributed by atoms with Gasteiger partial charge >= 0.3 is 0 Å². The first kappa shape index (κ1) is 13.0. The minimum Gasteiger partial charge on any atom is -0.307 e. The molecule has 0 aromatic carbocycles. The van der Waals surface area contributed by atoms with E-state index in [1.54, 1.807) is 6.92 Å². The summed E-state index contributed by atoms with van der Waals surface area (Å²) in [4.78, 5) is 11.6. The number of nitrogens with zero attached hydrogens (tertiary/aromatic N) is 1. The molecule has 4 nitrogen and oxygen atoms in total. The molecule has 0 radical (unpaired) electrons. The van der Waals surface area contributed by atoms with Gasteiger partial charge in [-0.15, -0.1) is 5.53 Å². The van der Waals surface area contributed by atoms with Crippen molar-refractivity contribution in [2.45, 2.75) is 53.5 Å². The van der Waals surface area contributed by atoms with Gasteiger partial charge in [-0.05, 0) is 34.1 Å². The highest BCUT2D eigenvalue weighted by Crippen LogP contribution is 2.32. The fourth-order valence-electron chi connectivity index (χ4n) is 2.02. The first-order chi connectivity index (χ1) is 7.15. The van der Waals surface area contributed by atoms with Gasteiger partial charge in [0.2, 0.25) is 0 Å². The molecule has 1 aliphatic heterocycles. The van der Waals surface area contributed by atoms with Gasteiger partial charge < -0.3 is 5.43 Å². The highest BCUT2D eigenvalue weighted by molar-refractivity contribution is 5.81. The van der Waals surface area contributed by atoms with Crippen LogP contribution in [0.4, 0.5) is 0 Å². The van der Waals surface area contributed by atoms with E-state index in [0.717, 1.165) is 12.1 Å². The van der Waals surface area contributed by atoms with Crippen LogP contribution >= 0.6 is 0 Å². The molecule has 0 aliphatic carbocycles. The first-order valence-electron chi connectivity index (χ1n) is 5.66. The van der Waals surface area contributed by atoms with Crippen molar-refractivity contribution in [1.82, 2.24) is 16.0 Å². The highest BCUT2D eigenvalue weighted by Gasteiger charge is 2.36. The van der Waals surface area contributed by atoms with Crippen molar-refractivity contribution >= 4 is 5.78 Å². The highest BCUT2D eigenvalue weighted by atomic mass is 16.1. The number of Topliss-reactive ketones (excluding diaryl/α,β-unsaturated/α-hetero) is 1. The predicted molar refractivity (Wildman–Crippen MR) is 65.0 cm³/mol. The van der Waals surface area contributed by atoms with Gasteiger partial charge in [0.1, 0.15) is 5.78 Å². The number of hydrogen-bond donors (Lipinski definition) is 2. The lowest BCUT2D eigenvalue weighted by atomic mass is 9.77. The van der Waals surface area contributed by atoms with Crippen molar-refractivity contribution in [3.05, 3.63) is 11.9 Å². The monoisotopic (exact) mass is 225 g/mol. The third-order valence-electron chi connectivity index (χ3n) is 3.18. The van der Waals surface area contributed by atoms with Crippen LogP contribution in [-0.4, -0.2) is 16.3 Å². The van der Waals surface area contributed by atoms with E-state index in [0.29, 0.717) is 0 Å². The molecule has 0 aromatic heterocycles. The summed E-state index contributed by atoms with van der Waals surface area (Å²) in [7, 11) is 0. The van der Waals surface area contributed by atoms with E-state index < -0.39 is 0 Å². The van der Waals surface area contributed by atoms with E-state index in [1.807, 2.05) is 32.0 Å². The quantitative estimate of drug-likeness (QED) is 0.767. The van der Waals surface area contributed by atoms with E-state index >= 15 is 0 Å². The largest absolute Gasteiger partial charge is 0.307 e. The Balaban J connectivity index is 2.76. The second-order valence-corrected chi connectivity index (χ2v) is 5.85. The molecule has 0 spiro atoms. The summed E-state index contributed by atoms with van der Waals surface area (Å²) in [6.07, 6.45) is 2.82. The van der Waals surface area contributed by atoms with Crippen LogP contribution in [0.25, 0.3) is 0 Å². The van der Waals surface area contributed by atoms with E-state index in [2.05, 4.69) is 24.8 Å². The molecule has 4 heteroatoms. The third-order valence-corrected chi connectivity index (χ3v) is 3.18. The molecule has 92 valence electrons. The predicted octanol–water partition coefficient (Wildman–Crippen LogP) is 1.96. The van der Waals surface area contributed by atoms with Crippen molar-refractivity contribution in [1.29, 1.82) is 0 Å². The van der Waals surface area contributed by atoms with Crippen LogP contribution in [0, 0.1) is 5.41 Å². The molecular weight excluding hydrogens is 202 g/mol. The molecular formula is C12H23N3O. The second kappa shape index (κ2) is 4.09. The third kappa shape index (κ3) is 2.76. The minimum atomic E-state index is -0.296. The number of nitrogens with one attached hydrogen (secondary N) is 2. The molecule has 0 saturated carbocycles. The summed E-state index contributed by atoms with van der Waals surface area (Å²) >= 11 is 0. The van der Waals surface area contributed by atoms with Crippen molar-refractivity contribution in [2.75, 3.05) is 0 Å². The van der Waals surface area contributed by atoms with Gasteiger partial charge in [-0.3, -0.25) is 9.80 Å². The van der Waals surface area contributed by atoms with Crippen LogP contribution in [0.3, 0.4) is 0 Å². The molecule has 16 heavy (non-hydrogen) atoms. The average Bonchev–Trinajstić information content (AvgIpc) is 2.50. The lowest BCUT2D eigenvalue weighted by Crippen LogP contribution is -2.51. The Bertz CT molecular complexity index is 318. The maximum Gasteiger partial charge on any atom is 0.135 e. The maximum absolute atomic E-state index is 11.6. The summed E-state index contributed by atoms with van der Waals surface area (Å²) in [5.41, 5.74) is 6.80. The van der Waals surface area contributed by atoms with Gasteiger partial charge in [-0.2, -0.15) is 0 Å². The number of hydrogen-bond acceptors (Lipinski definition) is 4. The van der Waals surface area contributed by atoms with Crippen LogP contribution in [0.15, 0.2) is 11.9 Å². The summed E-state index contributed by atoms with van der Waals surface area (Å²) in [6, 6.07) is 0. The van der Waals surface area contributed by atoms with E-state index in [9.17, 15) is 4.79 Å². The zero-order chi connectivity index (χ0) is 12.6. The Morgan fingerprint density at radius 3 is 2.31 bits per heavy atom. The second-order valence-electron chi connectivity index (χ2n) is 5.85. The van der Waals surface area contributed by atoms with Gasteiger partial charge in [0, 0.05) is 17.3 Å².